The van der Waals surface area contributed by atoms with Gasteiger partial charge in [-0.1, -0.05) is 24.3 Å². The Bertz CT molecular complexity index is 1630. The van der Waals surface area contributed by atoms with E-state index in [9.17, 15) is 28.1 Å². The van der Waals surface area contributed by atoms with E-state index in [1.807, 2.05) is 0 Å². The first-order chi connectivity index (χ1) is 20.0. The van der Waals surface area contributed by atoms with Crippen molar-refractivity contribution in [2.24, 2.45) is 0 Å². The maximum Gasteiger partial charge on any atom is 0.410 e. The predicted octanol–water partition coefficient (Wildman–Crippen LogP) is 6.51. The van der Waals surface area contributed by atoms with E-state index in [4.69, 9.17) is 14.2 Å². The van der Waals surface area contributed by atoms with Crippen molar-refractivity contribution >= 4 is 23.1 Å². The van der Waals surface area contributed by atoms with Crippen LogP contribution in [-0.4, -0.2) is 41.0 Å². The normalized spacial score (nSPS) is 16.1. The summed E-state index contributed by atoms with van der Waals surface area (Å²) in [6.07, 6.45) is -5.07. The summed E-state index contributed by atoms with van der Waals surface area (Å²) < 4.78 is 59.4. The number of fused-ring (bicyclic) bond motifs is 1. The number of nitrogens with one attached hydrogen (secondary N) is 2. The van der Waals surface area contributed by atoms with Gasteiger partial charge in [0.1, 0.15) is 17.3 Å². The standard InChI is InChI=1S/C28H24F3N5O6/c1-40-23-9-8-16(10-24(23)41-2)21-14-25(28(29,30)31)35-26(33-21)15-22(34-35)27(37)32-17-11-18(36(38)39)13-20(12-17)42-19-6-4-3-5-7-19/h3-13,15,21,25,33H,14H2,1-2H3,(H,32,37). The number of hydrogen-bond acceptors (Lipinski definition) is 8. The maximum absolute atomic E-state index is 14.2. The summed E-state index contributed by atoms with van der Waals surface area (Å²) in [6, 6.07) is 15.3. The Morgan fingerprint density at radius 1 is 1.02 bits per heavy atom. The third kappa shape index (κ3) is 5.92. The molecule has 0 radical (unpaired) electrons. The molecule has 0 fully saturated rings. The number of benzene rings is 3. The molecule has 0 aliphatic carbocycles. The molecule has 1 aliphatic heterocycles. The number of para-hydroxylation sites is 1. The Morgan fingerprint density at radius 2 is 1.76 bits per heavy atom. The third-order valence-electron chi connectivity index (χ3n) is 6.57. The fourth-order valence-corrected chi connectivity index (χ4v) is 4.61. The van der Waals surface area contributed by atoms with Crippen LogP contribution in [0.15, 0.2) is 72.8 Å². The molecule has 11 nitrogen and oxygen atoms in total. The van der Waals surface area contributed by atoms with E-state index in [2.05, 4.69) is 15.7 Å². The number of amides is 1. The molecule has 0 saturated heterocycles. The number of halogens is 3. The number of carbonyl (C=O) groups is 1. The molecule has 1 aromatic heterocycles. The number of hydrogen-bond donors (Lipinski definition) is 2. The second-order valence-electron chi connectivity index (χ2n) is 9.31. The van der Waals surface area contributed by atoms with E-state index < -0.39 is 35.5 Å². The number of methoxy groups -OCH3 is 2. The van der Waals surface area contributed by atoms with Crippen LogP contribution >= 0.6 is 0 Å². The monoisotopic (exact) mass is 583 g/mol. The largest absolute Gasteiger partial charge is 0.493 e. The predicted molar refractivity (Wildman–Crippen MR) is 145 cm³/mol. The van der Waals surface area contributed by atoms with Gasteiger partial charge in [0.15, 0.2) is 23.2 Å². The molecule has 4 aromatic rings. The lowest BCUT2D eigenvalue weighted by Crippen LogP contribution is -2.35. The smallest absolute Gasteiger partial charge is 0.410 e. The molecule has 2 N–H and O–H groups in total. The number of carbonyl (C=O) groups excluding carboxylic acids is 1. The summed E-state index contributed by atoms with van der Waals surface area (Å²) >= 11 is 0. The van der Waals surface area contributed by atoms with Crippen LogP contribution in [0, 0.1) is 10.1 Å². The number of anilines is 2. The Morgan fingerprint density at radius 3 is 2.43 bits per heavy atom. The molecule has 42 heavy (non-hydrogen) atoms. The zero-order valence-electron chi connectivity index (χ0n) is 22.2. The number of nitro benzene ring substituents is 1. The number of ether oxygens (including phenoxy) is 3. The lowest BCUT2D eigenvalue weighted by molar-refractivity contribution is -0.384. The highest BCUT2D eigenvalue weighted by Gasteiger charge is 2.47. The van der Waals surface area contributed by atoms with Crippen molar-refractivity contribution in [2.45, 2.75) is 24.7 Å². The van der Waals surface area contributed by atoms with Gasteiger partial charge >= 0.3 is 6.18 Å². The summed E-state index contributed by atoms with van der Waals surface area (Å²) in [6.45, 7) is 0. The van der Waals surface area contributed by atoms with E-state index in [1.54, 1.807) is 48.5 Å². The van der Waals surface area contributed by atoms with E-state index in [1.165, 1.54) is 32.4 Å². The lowest BCUT2D eigenvalue weighted by Gasteiger charge is -2.33. The van der Waals surface area contributed by atoms with Crippen molar-refractivity contribution in [1.29, 1.82) is 0 Å². The summed E-state index contributed by atoms with van der Waals surface area (Å²) in [5.41, 5.74) is -0.172. The number of aromatic nitrogens is 2. The molecular weight excluding hydrogens is 559 g/mol. The minimum Gasteiger partial charge on any atom is -0.493 e. The first-order valence-corrected chi connectivity index (χ1v) is 12.5. The van der Waals surface area contributed by atoms with Gasteiger partial charge in [0.25, 0.3) is 11.6 Å². The first kappa shape index (κ1) is 28.3. The molecule has 0 spiro atoms. The maximum atomic E-state index is 14.2. The fraction of sp³-hybridized carbons (Fsp3) is 0.214. The Balaban J connectivity index is 1.43. The number of nitrogens with zero attached hydrogens (tertiary/aromatic N) is 3. The molecule has 14 heteroatoms. The van der Waals surface area contributed by atoms with Crippen LogP contribution in [0.3, 0.4) is 0 Å². The van der Waals surface area contributed by atoms with Crippen molar-refractivity contribution < 1.29 is 37.1 Å². The van der Waals surface area contributed by atoms with Crippen LogP contribution < -0.4 is 24.8 Å². The van der Waals surface area contributed by atoms with Crippen molar-refractivity contribution in [1.82, 2.24) is 9.78 Å². The van der Waals surface area contributed by atoms with Gasteiger partial charge in [-0.3, -0.25) is 14.9 Å². The van der Waals surface area contributed by atoms with Gasteiger partial charge in [0.05, 0.1) is 36.9 Å². The van der Waals surface area contributed by atoms with E-state index >= 15 is 0 Å². The van der Waals surface area contributed by atoms with Gasteiger partial charge in [-0.2, -0.15) is 18.3 Å². The molecule has 1 amide bonds. The van der Waals surface area contributed by atoms with E-state index in [-0.39, 0.29) is 28.6 Å². The first-order valence-electron chi connectivity index (χ1n) is 12.5. The van der Waals surface area contributed by atoms with Crippen LogP contribution in [0.2, 0.25) is 0 Å². The number of rotatable bonds is 8. The highest BCUT2D eigenvalue weighted by atomic mass is 19.4. The van der Waals surface area contributed by atoms with E-state index in [0.717, 1.165) is 10.7 Å². The third-order valence-corrected chi connectivity index (χ3v) is 6.57. The highest BCUT2D eigenvalue weighted by Crippen LogP contribution is 2.45. The fourth-order valence-electron chi connectivity index (χ4n) is 4.61. The average molecular weight is 584 g/mol. The van der Waals surface area contributed by atoms with E-state index in [0.29, 0.717) is 22.8 Å². The topological polar surface area (TPSA) is 130 Å². The van der Waals surface area contributed by atoms with Crippen LogP contribution in [0.4, 0.5) is 30.4 Å². The zero-order chi connectivity index (χ0) is 30.0. The summed E-state index contributed by atoms with van der Waals surface area (Å²) in [5, 5.41) is 20.9. The summed E-state index contributed by atoms with van der Waals surface area (Å²) in [5.74, 6) is 0.366. The summed E-state index contributed by atoms with van der Waals surface area (Å²) in [4.78, 5) is 23.9. The number of nitro groups is 1. The van der Waals surface area contributed by atoms with Gasteiger partial charge in [-0.25, -0.2) is 4.68 Å². The quantitative estimate of drug-likeness (QED) is 0.177. The molecule has 2 heterocycles. The second kappa shape index (κ2) is 11.3. The Labute approximate surface area is 237 Å². The van der Waals surface area contributed by atoms with Crippen LogP contribution in [0.1, 0.15) is 34.6 Å². The Kier molecular flexibility index (Phi) is 7.61. The molecule has 0 saturated carbocycles. The van der Waals surface area contributed by atoms with Crippen LogP contribution in [0.5, 0.6) is 23.0 Å². The molecule has 3 aromatic carbocycles. The van der Waals surface area contributed by atoms with Crippen LogP contribution in [-0.2, 0) is 0 Å². The van der Waals surface area contributed by atoms with Gasteiger partial charge in [0, 0.05) is 24.6 Å². The minimum absolute atomic E-state index is 0.00496. The molecule has 218 valence electrons. The van der Waals surface area contributed by atoms with Crippen molar-refractivity contribution in [3.63, 3.8) is 0 Å². The van der Waals surface area contributed by atoms with Crippen LogP contribution in [0.25, 0.3) is 0 Å². The number of alkyl halides is 3. The van der Waals surface area contributed by atoms with Crippen molar-refractivity contribution in [2.75, 3.05) is 24.9 Å². The molecule has 1 aliphatic rings. The Hall–Kier alpha value is -5.27. The van der Waals surface area contributed by atoms with Gasteiger partial charge in [-0.15, -0.1) is 0 Å². The van der Waals surface area contributed by atoms with Crippen molar-refractivity contribution in [3.8, 4) is 23.0 Å². The number of non-ortho nitro benzene ring substituents is 1. The van der Waals surface area contributed by atoms with Gasteiger partial charge < -0.3 is 24.8 Å². The molecule has 2 atom stereocenters. The second-order valence-corrected chi connectivity index (χ2v) is 9.31. The molecule has 2 unspecified atom stereocenters. The summed E-state index contributed by atoms with van der Waals surface area (Å²) in [7, 11) is 2.87. The SMILES string of the molecule is COc1ccc(C2CC(C(F)(F)F)n3nc(C(=O)Nc4cc(Oc5ccccc5)cc([N+](=O)[O-])c4)cc3N2)cc1OC. The van der Waals surface area contributed by atoms with Gasteiger partial charge in [-0.05, 0) is 29.8 Å². The molecule has 5 rings (SSSR count). The van der Waals surface area contributed by atoms with Crippen molar-refractivity contribution in [3.05, 3.63) is 94.2 Å². The lowest BCUT2D eigenvalue weighted by atomic mass is 9.96. The van der Waals surface area contributed by atoms with Gasteiger partial charge in [0.2, 0.25) is 0 Å². The average Bonchev–Trinajstić information content (AvgIpc) is 3.40. The zero-order valence-corrected chi connectivity index (χ0v) is 22.2. The molecule has 0 bridgehead atoms. The highest BCUT2D eigenvalue weighted by molar-refractivity contribution is 6.03. The minimum atomic E-state index is -4.67. The molecular formula is C28H24F3N5O6.